The van der Waals surface area contributed by atoms with Gasteiger partial charge in [0.1, 0.15) is 5.50 Å². The van der Waals surface area contributed by atoms with Crippen LogP contribution >= 0.6 is 21.0 Å². The molecule has 0 aromatic rings. The van der Waals surface area contributed by atoms with Crippen LogP contribution in [0.1, 0.15) is 12.8 Å². The molecule has 15 heavy (non-hydrogen) atoms. The van der Waals surface area contributed by atoms with Gasteiger partial charge in [-0.05, 0) is 12.8 Å². The summed E-state index contributed by atoms with van der Waals surface area (Å²) in [4.78, 5) is 17.6. The predicted molar refractivity (Wildman–Crippen MR) is 65.3 cm³/mol. The highest BCUT2D eigenvalue weighted by atomic mass is 32.2. The number of hydrogen-bond donors (Lipinski definition) is 1. The summed E-state index contributed by atoms with van der Waals surface area (Å²) in [6, 6.07) is 0. The second-order valence-corrected chi connectivity index (χ2v) is 5.62. The molecular weight excluding hydrogens is 231 g/mol. The third-order valence-electron chi connectivity index (χ3n) is 2.85. The number of piperidine rings is 1. The zero-order valence-corrected chi connectivity index (χ0v) is 10.4. The summed E-state index contributed by atoms with van der Waals surface area (Å²) >= 11 is 1.82. The summed E-state index contributed by atoms with van der Waals surface area (Å²) in [5, 5.41) is 8.88. The third-order valence-corrected chi connectivity index (χ3v) is 4.66. The molecule has 0 amide bonds. The van der Waals surface area contributed by atoms with Crippen molar-refractivity contribution in [3.8, 4) is 0 Å². The van der Waals surface area contributed by atoms with E-state index in [9.17, 15) is 4.79 Å². The molecule has 0 aromatic carbocycles. The molecule has 0 spiro atoms. The lowest BCUT2D eigenvalue weighted by molar-refractivity contribution is -0.143. The molecule has 0 aliphatic carbocycles. The normalized spacial score (nSPS) is 29.1. The molecule has 2 atom stereocenters. The van der Waals surface area contributed by atoms with Crippen molar-refractivity contribution in [1.29, 1.82) is 0 Å². The highest BCUT2D eigenvalue weighted by molar-refractivity contribution is 8.01. The second kappa shape index (κ2) is 4.81. The van der Waals surface area contributed by atoms with Crippen molar-refractivity contribution < 1.29 is 9.90 Å². The predicted octanol–water partition coefficient (Wildman–Crippen LogP) is 1.09. The number of carboxylic acid groups (broad SMARTS) is 1. The van der Waals surface area contributed by atoms with Gasteiger partial charge in [-0.25, -0.2) is 0 Å². The smallest absolute Gasteiger partial charge is 0.306 e. The molecule has 2 unspecified atom stereocenters. The van der Waals surface area contributed by atoms with Crippen LogP contribution in [0.3, 0.4) is 0 Å². The van der Waals surface area contributed by atoms with Crippen molar-refractivity contribution in [1.82, 2.24) is 4.90 Å². The van der Waals surface area contributed by atoms with Crippen LogP contribution in [0.4, 0.5) is 0 Å². The molecule has 0 bridgehead atoms. The quantitative estimate of drug-likeness (QED) is 0.741. The Morgan fingerprint density at radius 1 is 1.53 bits per heavy atom. The van der Waals surface area contributed by atoms with Crippen LogP contribution in [-0.2, 0) is 4.79 Å². The Kier molecular flexibility index (Phi) is 3.65. The Morgan fingerprint density at radius 2 is 2.20 bits per heavy atom. The van der Waals surface area contributed by atoms with E-state index < -0.39 is 5.97 Å². The van der Waals surface area contributed by atoms with Crippen LogP contribution in [0.15, 0.2) is 4.99 Å². The lowest BCUT2D eigenvalue weighted by atomic mass is 9.97. The fourth-order valence-corrected chi connectivity index (χ4v) is 3.49. The molecule has 2 rings (SSSR count). The van der Waals surface area contributed by atoms with Crippen molar-refractivity contribution in [2.45, 2.75) is 18.3 Å². The lowest BCUT2D eigenvalue weighted by Crippen LogP contribution is -2.40. The Bertz CT molecular complexity index is 290. The minimum Gasteiger partial charge on any atom is -0.481 e. The van der Waals surface area contributed by atoms with E-state index in [4.69, 9.17) is 5.11 Å². The largest absolute Gasteiger partial charge is 0.481 e. The van der Waals surface area contributed by atoms with E-state index in [1.54, 1.807) is 0 Å². The molecule has 2 aliphatic heterocycles. The molecular formula is C9H15N2O2PS. The highest BCUT2D eigenvalue weighted by Crippen LogP contribution is 2.29. The summed E-state index contributed by atoms with van der Waals surface area (Å²) in [7, 11) is 2.65. The van der Waals surface area contributed by atoms with Gasteiger partial charge in [-0.15, -0.1) is 11.8 Å². The standard InChI is InChI=1S/C9H15N2O2PS/c12-8(13)6-1-3-11(4-2-6)9-10-7(14)5-15-9/h6,9H,1-5,14H2,(H,12,13). The first kappa shape index (κ1) is 11.4. The van der Waals surface area contributed by atoms with E-state index in [0.29, 0.717) is 0 Å². The number of carboxylic acids is 1. The van der Waals surface area contributed by atoms with Gasteiger partial charge in [0.2, 0.25) is 0 Å². The lowest BCUT2D eigenvalue weighted by Gasteiger charge is -2.32. The summed E-state index contributed by atoms with van der Waals surface area (Å²) in [6.07, 6.45) is 1.52. The first-order valence-electron chi connectivity index (χ1n) is 5.07. The highest BCUT2D eigenvalue weighted by Gasteiger charge is 2.30. The van der Waals surface area contributed by atoms with E-state index in [1.165, 1.54) is 0 Å². The van der Waals surface area contributed by atoms with E-state index in [1.807, 2.05) is 11.8 Å². The first-order chi connectivity index (χ1) is 7.16. The topological polar surface area (TPSA) is 52.9 Å². The maximum absolute atomic E-state index is 10.8. The minimum absolute atomic E-state index is 0.146. The Morgan fingerprint density at radius 3 is 2.67 bits per heavy atom. The zero-order valence-electron chi connectivity index (χ0n) is 8.43. The molecule has 1 N–H and O–H groups in total. The molecule has 2 aliphatic rings. The van der Waals surface area contributed by atoms with Gasteiger partial charge < -0.3 is 5.11 Å². The van der Waals surface area contributed by atoms with Crippen LogP contribution in [0.25, 0.3) is 0 Å². The van der Waals surface area contributed by atoms with Crippen LogP contribution in [0, 0.1) is 5.92 Å². The Hall–Kier alpha value is -0.120. The zero-order chi connectivity index (χ0) is 10.8. The molecule has 84 valence electrons. The van der Waals surface area contributed by atoms with Crippen LogP contribution in [0.2, 0.25) is 0 Å². The fraction of sp³-hybridized carbons (Fsp3) is 0.778. The molecule has 0 aromatic heterocycles. The number of aliphatic imine (C=N–C) groups is 1. The minimum atomic E-state index is -0.649. The summed E-state index contributed by atoms with van der Waals surface area (Å²) in [6.45, 7) is 1.71. The van der Waals surface area contributed by atoms with E-state index in [2.05, 4.69) is 19.1 Å². The van der Waals surface area contributed by atoms with E-state index in [0.717, 1.165) is 37.1 Å². The number of aliphatic carboxylic acids is 1. The number of nitrogens with zero attached hydrogens (tertiary/aromatic N) is 2. The van der Waals surface area contributed by atoms with Crippen LogP contribution in [0.5, 0.6) is 0 Å². The molecule has 0 saturated carbocycles. The van der Waals surface area contributed by atoms with Gasteiger partial charge in [0.25, 0.3) is 0 Å². The van der Waals surface area contributed by atoms with Crippen molar-refractivity contribution >= 4 is 32.4 Å². The van der Waals surface area contributed by atoms with Crippen molar-refractivity contribution in [2.75, 3.05) is 18.8 Å². The van der Waals surface area contributed by atoms with Gasteiger partial charge >= 0.3 is 5.97 Å². The van der Waals surface area contributed by atoms with Gasteiger partial charge in [0.15, 0.2) is 0 Å². The average molecular weight is 246 g/mol. The van der Waals surface area contributed by atoms with E-state index >= 15 is 0 Å². The second-order valence-electron chi connectivity index (χ2n) is 3.91. The van der Waals surface area contributed by atoms with Crippen molar-refractivity contribution in [2.24, 2.45) is 10.9 Å². The molecule has 1 saturated heterocycles. The van der Waals surface area contributed by atoms with Crippen LogP contribution in [-0.4, -0.2) is 45.8 Å². The van der Waals surface area contributed by atoms with Crippen LogP contribution < -0.4 is 0 Å². The number of hydrogen-bond acceptors (Lipinski definition) is 4. The van der Waals surface area contributed by atoms with Crippen molar-refractivity contribution in [3.05, 3.63) is 0 Å². The average Bonchev–Trinajstić information content (AvgIpc) is 2.65. The monoisotopic (exact) mass is 246 g/mol. The van der Waals surface area contributed by atoms with Crippen molar-refractivity contribution in [3.63, 3.8) is 0 Å². The summed E-state index contributed by atoms with van der Waals surface area (Å²) in [5.74, 6) is 0.185. The summed E-state index contributed by atoms with van der Waals surface area (Å²) < 4.78 is 0. The SMILES string of the molecule is O=C(O)C1CCN(C2N=C(P)CS2)CC1. The maximum atomic E-state index is 10.8. The first-order valence-corrected chi connectivity index (χ1v) is 6.70. The maximum Gasteiger partial charge on any atom is 0.306 e. The number of carbonyl (C=O) groups is 1. The van der Waals surface area contributed by atoms with Gasteiger partial charge in [-0.3, -0.25) is 14.7 Å². The molecule has 1 fully saturated rings. The van der Waals surface area contributed by atoms with E-state index in [-0.39, 0.29) is 11.4 Å². The number of likely N-dealkylation sites (tertiary alicyclic amines) is 1. The van der Waals surface area contributed by atoms with Gasteiger partial charge in [-0.2, -0.15) is 0 Å². The summed E-state index contributed by atoms with van der Waals surface area (Å²) in [5.41, 5.74) is 1.35. The Balaban J connectivity index is 1.86. The molecule has 6 heteroatoms. The Labute approximate surface area is 95.7 Å². The molecule has 2 heterocycles. The number of thioether (sulfide) groups is 1. The van der Waals surface area contributed by atoms with Gasteiger partial charge in [0, 0.05) is 24.3 Å². The van der Waals surface area contributed by atoms with Gasteiger partial charge in [-0.1, -0.05) is 9.24 Å². The molecule has 4 nitrogen and oxygen atoms in total. The third kappa shape index (κ3) is 2.71. The molecule has 0 radical (unpaired) electrons. The van der Waals surface area contributed by atoms with Gasteiger partial charge in [0.05, 0.1) is 5.92 Å². The fourth-order valence-electron chi connectivity index (χ4n) is 1.93. The number of rotatable bonds is 2.